The predicted molar refractivity (Wildman–Crippen MR) is 61.3 cm³/mol. The zero-order valence-electron chi connectivity index (χ0n) is 9.06. The van der Waals surface area contributed by atoms with Crippen molar-refractivity contribution in [3.8, 4) is 0 Å². The van der Waals surface area contributed by atoms with Crippen LogP contribution in [0.4, 0.5) is 0 Å². The maximum Gasteiger partial charge on any atom is 0.0779 e. The molecule has 0 saturated heterocycles. The molecule has 4 nitrogen and oxygen atoms in total. The van der Waals surface area contributed by atoms with E-state index in [1.165, 1.54) is 0 Å². The molecule has 0 aliphatic heterocycles. The summed E-state index contributed by atoms with van der Waals surface area (Å²) in [7, 11) is 0. The van der Waals surface area contributed by atoms with Crippen molar-refractivity contribution < 1.29 is 0 Å². The van der Waals surface area contributed by atoms with Gasteiger partial charge in [-0.15, -0.1) is 13.2 Å². The van der Waals surface area contributed by atoms with Gasteiger partial charge in [-0.1, -0.05) is 12.2 Å². The van der Waals surface area contributed by atoms with Gasteiger partial charge in [-0.2, -0.15) is 0 Å². The Labute approximate surface area is 86.4 Å². The second-order valence-electron chi connectivity index (χ2n) is 3.50. The fourth-order valence-electron chi connectivity index (χ4n) is 1.26. The smallest absolute Gasteiger partial charge is 0.0779 e. The Kier molecular flexibility index (Phi) is 5.64. The van der Waals surface area contributed by atoms with Crippen molar-refractivity contribution in [1.29, 1.82) is 0 Å². The molecule has 0 aromatic carbocycles. The van der Waals surface area contributed by atoms with Crippen molar-refractivity contribution in [3.63, 3.8) is 0 Å². The van der Waals surface area contributed by atoms with Gasteiger partial charge in [0, 0.05) is 12.1 Å². The Hall–Kier alpha value is -0.680. The van der Waals surface area contributed by atoms with Gasteiger partial charge in [0.05, 0.1) is 12.3 Å². The minimum absolute atomic E-state index is 0.00741. The molecule has 0 spiro atoms. The minimum atomic E-state index is -0.302. The molecule has 0 radical (unpaired) electrons. The van der Waals surface area contributed by atoms with Gasteiger partial charge in [-0.3, -0.25) is 4.90 Å². The van der Waals surface area contributed by atoms with Crippen LogP contribution in [0.1, 0.15) is 13.8 Å². The quantitative estimate of drug-likeness (QED) is 0.413. The standard InChI is InChI=1S/C10H22N4/c1-5-9(12)14(10(13)6-2)8(4)7(3)11/h5-10H,1-2,11-13H2,3-4H3. The maximum atomic E-state index is 5.86. The van der Waals surface area contributed by atoms with Crippen LogP contribution in [0.3, 0.4) is 0 Å². The zero-order valence-corrected chi connectivity index (χ0v) is 9.06. The molecular weight excluding hydrogens is 176 g/mol. The third-order valence-electron chi connectivity index (χ3n) is 2.40. The van der Waals surface area contributed by atoms with E-state index in [0.717, 1.165) is 0 Å². The number of hydrogen-bond donors (Lipinski definition) is 3. The molecule has 0 amide bonds. The van der Waals surface area contributed by atoms with Gasteiger partial charge in [-0.05, 0) is 13.8 Å². The highest BCUT2D eigenvalue weighted by atomic mass is 15.3. The Bertz CT molecular complexity index is 177. The molecule has 82 valence electrons. The predicted octanol–water partition coefficient (Wildman–Crippen LogP) is -0.0343. The van der Waals surface area contributed by atoms with E-state index in [1.54, 1.807) is 12.2 Å². The van der Waals surface area contributed by atoms with Crippen LogP contribution in [0.2, 0.25) is 0 Å². The van der Waals surface area contributed by atoms with Crippen LogP contribution in [0, 0.1) is 0 Å². The normalized spacial score (nSPS) is 19.9. The van der Waals surface area contributed by atoms with Gasteiger partial charge in [0.1, 0.15) is 0 Å². The Morgan fingerprint density at radius 2 is 1.36 bits per heavy atom. The van der Waals surface area contributed by atoms with E-state index >= 15 is 0 Å². The van der Waals surface area contributed by atoms with Crippen LogP contribution < -0.4 is 17.2 Å². The highest BCUT2D eigenvalue weighted by molar-refractivity contribution is 4.95. The highest BCUT2D eigenvalue weighted by Gasteiger charge is 2.24. The van der Waals surface area contributed by atoms with Crippen molar-refractivity contribution in [2.45, 2.75) is 38.3 Å². The number of hydrogen-bond acceptors (Lipinski definition) is 4. The Balaban J connectivity index is 4.70. The van der Waals surface area contributed by atoms with E-state index < -0.39 is 0 Å². The molecule has 4 atom stereocenters. The third-order valence-corrected chi connectivity index (χ3v) is 2.40. The summed E-state index contributed by atoms with van der Waals surface area (Å²) in [5.41, 5.74) is 17.5. The van der Waals surface area contributed by atoms with Crippen LogP contribution in [-0.4, -0.2) is 29.3 Å². The van der Waals surface area contributed by atoms with Gasteiger partial charge in [-0.25, -0.2) is 0 Å². The molecule has 0 heterocycles. The summed E-state index contributed by atoms with van der Waals surface area (Å²) in [6.07, 6.45) is 2.68. The molecule has 0 aliphatic rings. The molecular formula is C10H22N4. The molecule has 14 heavy (non-hydrogen) atoms. The molecule has 0 fully saturated rings. The second kappa shape index (κ2) is 5.93. The van der Waals surface area contributed by atoms with Gasteiger partial charge < -0.3 is 17.2 Å². The molecule has 4 unspecified atom stereocenters. The van der Waals surface area contributed by atoms with Crippen LogP contribution in [-0.2, 0) is 0 Å². The lowest BCUT2D eigenvalue weighted by atomic mass is 10.1. The largest absolute Gasteiger partial charge is 0.327 e. The monoisotopic (exact) mass is 198 g/mol. The van der Waals surface area contributed by atoms with Crippen molar-refractivity contribution in [3.05, 3.63) is 25.3 Å². The van der Waals surface area contributed by atoms with Gasteiger partial charge >= 0.3 is 0 Å². The molecule has 0 saturated carbocycles. The number of nitrogens with two attached hydrogens (primary N) is 3. The lowest BCUT2D eigenvalue weighted by Gasteiger charge is -2.37. The lowest BCUT2D eigenvalue weighted by Crippen LogP contribution is -2.58. The Morgan fingerprint density at radius 1 is 1.00 bits per heavy atom. The summed E-state index contributed by atoms with van der Waals surface area (Å²) in [6.45, 7) is 11.2. The van der Waals surface area contributed by atoms with Crippen LogP contribution >= 0.6 is 0 Å². The molecule has 0 aromatic rings. The number of nitrogens with zero attached hydrogens (tertiary/aromatic N) is 1. The van der Waals surface area contributed by atoms with Crippen molar-refractivity contribution in [2.24, 2.45) is 17.2 Å². The van der Waals surface area contributed by atoms with E-state index in [4.69, 9.17) is 17.2 Å². The first-order valence-electron chi connectivity index (χ1n) is 4.75. The summed E-state index contributed by atoms with van der Waals surface area (Å²) in [5.74, 6) is 0. The van der Waals surface area contributed by atoms with E-state index in [1.807, 2.05) is 18.7 Å². The topological polar surface area (TPSA) is 81.3 Å². The Morgan fingerprint density at radius 3 is 1.57 bits per heavy atom. The fraction of sp³-hybridized carbons (Fsp3) is 0.600. The zero-order chi connectivity index (χ0) is 11.3. The van der Waals surface area contributed by atoms with Gasteiger partial charge in [0.15, 0.2) is 0 Å². The molecule has 6 N–H and O–H groups in total. The van der Waals surface area contributed by atoms with Crippen molar-refractivity contribution in [2.75, 3.05) is 0 Å². The van der Waals surface area contributed by atoms with Gasteiger partial charge in [0.2, 0.25) is 0 Å². The van der Waals surface area contributed by atoms with Crippen LogP contribution in [0.15, 0.2) is 25.3 Å². The van der Waals surface area contributed by atoms with Crippen LogP contribution in [0.25, 0.3) is 0 Å². The first-order chi connectivity index (χ1) is 6.45. The summed E-state index contributed by atoms with van der Waals surface area (Å²) in [4.78, 5) is 1.88. The summed E-state index contributed by atoms with van der Waals surface area (Å²) >= 11 is 0. The van der Waals surface area contributed by atoms with Crippen molar-refractivity contribution >= 4 is 0 Å². The highest BCUT2D eigenvalue weighted by Crippen LogP contribution is 2.09. The summed E-state index contributed by atoms with van der Waals surface area (Å²) < 4.78 is 0. The first kappa shape index (κ1) is 13.3. The van der Waals surface area contributed by atoms with E-state index in [9.17, 15) is 0 Å². The first-order valence-corrected chi connectivity index (χ1v) is 4.75. The van der Waals surface area contributed by atoms with Crippen molar-refractivity contribution in [1.82, 2.24) is 4.90 Å². The summed E-state index contributed by atoms with van der Waals surface area (Å²) in [6, 6.07) is 0.0722. The average molecular weight is 198 g/mol. The summed E-state index contributed by atoms with van der Waals surface area (Å²) in [5, 5.41) is 0. The SMILES string of the molecule is C=CC(N)N(C(N)C=C)C(C)C(C)N. The van der Waals surface area contributed by atoms with Crippen LogP contribution in [0.5, 0.6) is 0 Å². The fourth-order valence-corrected chi connectivity index (χ4v) is 1.26. The lowest BCUT2D eigenvalue weighted by molar-refractivity contribution is 0.125. The van der Waals surface area contributed by atoms with Gasteiger partial charge in [0.25, 0.3) is 0 Å². The molecule has 0 rings (SSSR count). The average Bonchev–Trinajstić information content (AvgIpc) is 2.16. The minimum Gasteiger partial charge on any atom is -0.327 e. The molecule has 4 heteroatoms. The number of rotatable bonds is 6. The third kappa shape index (κ3) is 3.23. The maximum absolute atomic E-state index is 5.86. The van der Waals surface area contributed by atoms with E-state index in [0.29, 0.717) is 0 Å². The molecule has 0 aliphatic carbocycles. The molecule has 0 bridgehead atoms. The van der Waals surface area contributed by atoms with E-state index in [2.05, 4.69) is 13.2 Å². The van der Waals surface area contributed by atoms with E-state index in [-0.39, 0.29) is 24.4 Å². The second-order valence-corrected chi connectivity index (χ2v) is 3.50. The molecule has 0 aromatic heterocycles.